The molecular weight excluding hydrogens is 376 g/mol. The molecule has 4 aliphatic carbocycles. The van der Waals surface area contributed by atoms with E-state index in [0.29, 0.717) is 18.1 Å². The van der Waals surface area contributed by atoms with Crippen LogP contribution in [0.15, 0.2) is 23.8 Å². The lowest BCUT2D eigenvalue weighted by Crippen LogP contribution is -2.56. The van der Waals surface area contributed by atoms with Crippen LogP contribution in [-0.2, 0) is 14.0 Å². The van der Waals surface area contributed by atoms with Gasteiger partial charge in [0.15, 0.2) is 14.1 Å². The number of allylic oxidation sites excluding steroid dienone is 3. The molecule has 0 amide bonds. The molecule has 0 aromatic carbocycles. The summed E-state index contributed by atoms with van der Waals surface area (Å²) in [5.74, 6) is 1.19. The third-order valence-corrected chi connectivity index (χ3v) is 13.9. The highest BCUT2D eigenvalue weighted by molar-refractivity contribution is 6.74. The Balaban J connectivity index is 1.72. The van der Waals surface area contributed by atoms with E-state index in [2.05, 4.69) is 52.9 Å². The van der Waals surface area contributed by atoms with Crippen LogP contribution in [0.2, 0.25) is 18.1 Å². The molecule has 0 heterocycles. The number of fused-ring (bicyclic) bond motifs is 5. The largest absolute Gasteiger partial charge is 0.416 e. The van der Waals surface area contributed by atoms with Crippen LogP contribution in [-0.4, -0.2) is 26.5 Å². The molecule has 29 heavy (non-hydrogen) atoms. The minimum atomic E-state index is -1.89. The van der Waals surface area contributed by atoms with Gasteiger partial charge in [0.25, 0.3) is 0 Å². The molecule has 4 rings (SSSR count). The SMILES string of the molecule is CC(C)(C)[Si](C)(C)OC[C@]12CCC=CC1=CC(=O)[C@@H]1[C@@H]2CC[C@]2(C)C(=O)CC[C@@H]12. The summed E-state index contributed by atoms with van der Waals surface area (Å²) in [5.41, 5.74) is 0.853. The van der Waals surface area contributed by atoms with Gasteiger partial charge in [0.2, 0.25) is 0 Å². The van der Waals surface area contributed by atoms with Gasteiger partial charge in [0, 0.05) is 29.8 Å². The molecule has 0 aliphatic heterocycles. The van der Waals surface area contributed by atoms with E-state index in [1.54, 1.807) is 0 Å². The molecule has 0 N–H and O–H groups in total. The molecule has 4 aliphatic rings. The predicted octanol–water partition coefficient (Wildman–Crippen LogP) is 5.87. The molecule has 2 saturated carbocycles. The number of hydrogen-bond donors (Lipinski definition) is 0. The van der Waals surface area contributed by atoms with E-state index in [1.807, 2.05) is 6.08 Å². The van der Waals surface area contributed by atoms with E-state index in [-0.39, 0.29) is 33.5 Å². The molecule has 4 heteroatoms. The fraction of sp³-hybridized carbons (Fsp3) is 0.760. The molecule has 0 spiro atoms. The van der Waals surface area contributed by atoms with Gasteiger partial charge in [-0.15, -0.1) is 0 Å². The zero-order valence-corrected chi connectivity index (χ0v) is 20.1. The van der Waals surface area contributed by atoms with E-state index in [0.717, 1.165) is 38.7 Å². The number of rotatable bonds is 3. The number of carbonyl (C=O) groups excluding carboxylic acids is 2. The second-order valence-electron chi connectivity index (χ2n) is 11.8. The Labute approximate surface area is 177 Å². The summed E-state index contributed by atoms with van der Waals surface area (Å²) in [6.07, 6.45) is 11.9. The Kier molecular flexibility index (Phi) is 4.94. The minimum Gasteiger partial charge on any atom is -0.416 e. The van der Waals surface area contributed by atoms with E-state index in [1.165, 1.54) is 5.57 Å². The maximum absolute atomic E-state index is 13.3. The van der Waals surface area contributed by atoms with Crippen LogP contribution in [0.25, 0.3) is 0 Å². The van der Waals surface area contributed by atoms with Gasteiger partial charge in [0.1, 0.15) is 5.78 Å². The molecule has 3 nitrogen and oxygen atoms in total. The smallest absolute Gasteiger partial charge is 0.192 e. The highest BCUT2D eigenvalue weighted by Crippen LogP contribution is 2.63. The van der Waals surface area contributed by atoms with Crippen molar-refractivity contribution in [3.8, 4) is 0 Å². The zero-order valence-electron chi connectivity index (χ0n) is 19.1. The summed E-state index contributed by atoms with van der Waals surface area (Å²) >= 11 is 0. The molecule has 160 valence electrons. The summed E-state index contributed by atoms with van der Waals surface area (Å²) in [6, 6.07) is 0. The van der Waals surface area contributed by atoms with E-state index in [9.17, 15) is 9.59 Å². The van der Waals surface area contributed by atoms with E-state index >= 15 is 0 Å². The number of hydrogen-bond acceptors (Lipinski definition) is 3. The van der Waals surface area contributed by atoms with Crippen molar-refractivity contribution in [3.05, 3.63) is 23.8 Å². The van der Waals surface area contributed by atoms with Gasteiger partial charge in [-0.25, -0.2) is 0 Å². The number of Topliss-reactive ketones (excluding diaryl/α,β-unsaturated/α-hetero) is 1. The van der Waals surface area contributed by atoms with Gasteiger partial charge in [-0.3, -0.25) is 9.59 Å². The fourth-order valence-electron chi connectivity index (χ4n) is 6.42. The second kappa shape index (κ2) is 6.75. The summed E-state index contributed by atoms with van der Waals surface area (Å²) in [6.45, 7) is 14.4. The van der Waals surface area contributed by atoms with Crippen molar-refractivity contribution in [2.24, 2.45) is 28.6 Å². The van der Waals surface area contributed by atoms with Gasteiger partial charge in [-0.1, -0.05) is 39.8 Å². The highest BCUT2D eigenvalue weighted by atomic mass is 28.4. The summed E-state index contributed by atoms with van der Waals surface area (Å²) in [7, 11) is -1.89. The molecule has 0 radical (unpaired) electrons. The molecule has 0 bridgehead atoms. The Morgan fingerprint density at radius 3 is 2.55 bits per heavy atom. The third-order valence-electron chi connectivity index (χ3n) is 9.44. The van der Waals surface area contributed by atoms with Gasteiger partial charge >= 0.3 is 0 Å². The standard InChI is InChI=1S/C25H38O3Si/c1-23(2,3)29(5,6)28-16-25-13-8-7-9-17(25)15-20(26)22-18-10-11-21(27)24(18,4)14-12-19(22)25/h7,9,15,18-19,22H,8,10-14,16H2,1-6H3/t18-,19-,22-,24-,25+/m0/s1. The van der Waals surface area contributed by atoms with Gasteiger partial charge in [-0.05, 0) is 73.7 Å². The van der Waals surface area contributed by atoms with Crippen molar-refractivity contribution in [1.29, 1.82) is 0 Å². The van der Waals surface area contributed by atoms with Crippen molar-refractivity contribution in [1.82, 2.24) is 0 Å². The minimum absolute atomic E-state index is 0.00142. The van der Waals surface area contributed by atoms with Gasteiger partial charge in [-0.2, -0.15) is 0 Å². The molecule has 0 aromatic rings. The average molecular weight is 415 g/mol. The predicted molar refractivity (Wildman–Crippen MR) is 119 cm³/mol. The Morgan fingerprint density at radius 2 is 1.86 bits per heavy atom. The lowest BCUT2D eigenvalue weighted by Gasteiger charge is -2.56. The Morgan fingerprint density at radius 1 is 1.14 bits per heavy atom. The topological polar surface area (TPSA) is 43.4 Å². The second-order valence-corrected chi connectivity index (χ2v) is 16.6. The van der Waals surface area contributed by atoms with E-state index in [4.69, 9.17) is 4.43 Å². The van der Waals surface area contributed by atoms with Gasteiger partial charge < -0.3 is 4.43 Å². The first-order valence-electron chi connectivity index (χ1n) is 11.5. The fourth-order valence-corrected chi connectivity index (χ4v) is 7.47. The summed E-state index contributed by atoms with van der Waals surface area (Å²) in [5, 5.41) is 0.172. The van der Waals surface area contributed by atoms with Crippen LogP contribution >= 0.6 is 0 Å². The number of carbonyl (C=O) groups is 2. The summed E-state index contributed by atoms with van der Waals surface area (Å²) in [4.78, 5) is 26.0. The van der Waals surface area contributed by atoms with Crippen molar-refractivity contribution in [2.75, 3.05) is 6.61 Å². The quantitative estimate of drug-likeness (QED) is 0.543. The monoisotopic (exact) mass is 414 g/mol. The molecule has 5 atom stereocenters. The first-order chi connectivity index (χ1) is 13.4. The normalized spacial score (nSPS) is 39.7. The van der Waals surface area contributed by atoms with E-state index < -0.39 is 8.32 Å². The maximum atomic E-state index is 13.3. The molecule has 2 fully saturated rings. The van der Waals surface area contributed by atoms with Crippen LogP contribution < -0.4 is 0 Å². The van der Waals surface area contributed by atoms with Crippen LogP contribution in [0.5, 0.6) is 0 Å². The average Bonchev–Trinajstić information content (AvgIpc) is 2.94. The van der Waals surface area contributed by atoms with Crippen molar-refractivity contribution in [2.45, 2.75) is 84.4 Å². The first-order valence-corrected chi connectivity index (χ1v) is 14.4. The highest BCUT2D eigenvalue weighted by Gasteiger charge is 2.61. The van der Waals surface area contributed by atoms with Crippen molar-refractivity contribution in [3.63, 3.8) is 0 Å². The Bertz CT molecular complexity index is 786. The van der Waals surface area contributed by atoms with Crippen LogP contribution in [0.3, 0.4) is 0 Å². The zero-order chi connectivity index (χ0) is 21.2. The van der Waals surface area contributed by atoms with Crippen molar-refractivity contribution >= 4 is 19.9 Å². The van der Waals surface area contributed by atoms with Crippen LogP contribution in [0.1, 0.15) is 66.2 Å². The molecule has 0 unspecified atom stereocenters. The molecule has 0 saturated heterocycles. The molecular formula is C25H38O3Si. The lowest BCUT2D eigenvalue weighted by molar-refractivity contribution is -0.140. The Hall–Kier alpha value is -1.00. The lowest BCUT2D eigenvalue weighted by atomic mass is 9.48. The van der Waals surface area contributed by atoms with Crippen molar-refractivity contribution < 1.29 is 14.0 Å². The third kappa shape index (κ3) is 3.08. The van der Waals surface area contributed by atoms with Gasteiger partial charge in [0.05, 0.1) is 0 Å². The number of ketones is 2. The first kappa shape index (κ1) is 21.2. The maximum Gasteiger partial charge on any atom is 0.192 e. The summed E-state index contributed by atoms with van der Waals surface area (Å²) < 4.78 is 6.82. The van der Waals surface area contributed by atoms with Crippen LogP contribution in [0.4, 0.5) is 0 Å². The van der Waals surface area contributed by atoms with Crippen LogP contribution in [0, 0.1) is 28.6 Å². The molecule has 0 aromatic heterocycles.